The molecule has 3 saturated heterocycles. The Morgan fingerprint density at radius 1 is 1.15 bits per heavy atom. The zero-order chi connectivity index (χ0) is 18.9. The van der Waals surface area contributed by atoms with E-state index in [1.54, 1.807) is 6.92 Å². The van der Waals surface area contributed by atoms with Gasteiger partial charge in [0.1, 0.15) is 29.6 Å². The molecular formula is C18H29NO7. The van der Waals surface area contributed by atoms with Crippen LogP contribution in [0.25, 0.3) is 0 Å². The first-order valence-electron chi connectivity index (χ1n) is 9.22. The van der Waals surface area contributed by atoms with Gasteiger partial charge in [0.05, 0.1) is 13.2 Å². The average molecular weight is 371 g/mol. The lowest BCUT2D eigenvalue weighted by Crippen LogP contribution is -2.65. The van der Waals surface area contributed by atoms with E-state index in [0.29, 0.717) is 26.2 Å². The molecule has 2 bridgehead atoms. The number of hydrogen-bond donors (Lipinski definition) is 1. The first-order chi connectivity index (χ1) is 12.2. The number of Topliss-reactive ketones (excluding diaryl/α,β-unsaturated/α-hetero) is 1. The van der Waals surface area contributed by atoms with Gasteiger partial charge in [0, 0.05) is 20.0 Å². The van der Waals surface area contributed by atoms with Crippen molar-refractivity contribution in [2.24, 2.45) is 0 Å². The van der Waals surface area contributed by atoms with E-state index in [1.165, 1.54) is 6.92 Å². The van der Waals surface area contributed by atoms with E-state index in [2.05, 4.69) is 5.32 Å². The maximum atomic E-state index is 11.6. The van der Waals surface area contributed by atoms with E-state index < -0.39 is 29.8 Å². The van der Waals surface area contributed by atoms with E-state index in [0.717, 1.165) is 12.8 Å². The van der Waals surface area contributed by atoms with E-state index in [1.807, 2.05) is 13.8 Å². The highest BCUT2D eigenvalue weighted by atomic mass is 16.8. The lowest BCUT2D eigenvalue weighted by atomic mass is 9.88. The van der Waals surface area contributed by atoms with Crippen molar-refractivity contribution in [3.8, 4) is 0 Å². The lowest BCUT2D eigenvalue weighted by molar-refractivity contribution is -0.213. The van der Waals surface area contributed by atoms with Gasteiger partial charge in [-0.3, -0.25) is 4.79 Å². The minimum atomic E-state index is -0.769. The second kappa shape index (κ2) is 7.52. The standard InChI is InChI=1S/C18H29NO7/c1-11(20)7-5-6-8-22-9-18-10-23-16(26-18)13(19-12(2)21)14-15(18)25-17(3,4)24-14/h13-16H,5-10H2,1-4H3,(H,19,21)/t13-,14-,15-,16+,18+/m1/s1. The fourth-order valence-electron chi connectivity index (χ4n) is 3.83. The van der Waals surface area contributed by atoms with Crippen LogP contribution in [0.2, 0.25) is 0 Å². The molecule has 1 amide bonds. The van der Waals surface area contributed by atoms with Crippen molar-refractivity contribution in [3.63, 3.8) is 0 Å². The molecule has 0 radical (unpaired) electrons. The van der Waals surface area contributed by atoms with E-state index in [-0.39, 0.29) is 17.8 Å². The van der Waals surface area contributed by atoms with Crippen molar-refractivity contribution in [2.75, 3.05) is 19.8 Å². The predicted octanol–water partition coefficient (Wildman–Crippen LogP) is 0.912. The monoisotopic (exact) mass is 371 g/mol. The number of rotatable bonds is 8. The zero-order valence-electron chi connectivity index (χ0n) is 15.9. The second-order valence-electron chi connectivity index (χ2n) is 7.82. The van der Waals surface area contributed by atoms with Gasteiger partial charge in [-0.2, -0.15) is 0 Å². The quantitative estimate of drug-likeness (QED) is 0.634. The Balaban J connectivity index is 1.63. The smallest absolute Gasteiger partial charge is 0.217 e. The largest absolute Gasteiger partial charge is 0.378 e. The normalized spacial score (nSPS) is 37.4. The second-order valence-corrected chi connectivity index (χ2v) is 7.82. The minimum absolute atomic E-state index is 0.171. The molecule has 148 valence electrons. The van der Waals surface area contributed by atoms with Crippen LogP contribution in [0, 0.1) is 0 Å². The van der Waals surface area contributed by atoms with Gasteiger partial charge >= 0.3 is 0 Å². The molecule has 3 heterocycles. The molecule has 5 atom stereocenters. The van der Waals surface area contributed by atoms with Crippen LogP contribution < -0.4 is 5.32 Å². The van der Waals surface area contributed by atoms with Crippen LogP contribution in [-0.2, 0) is 33.3 Å². The van der Waals surface area contributed by atoms with Crippen molar-refractivity contribution in [2.45, 2.75) is 82.9 Å². The molecule has 3 aliphatic heterocycles. The van der Waals surface area contributed by atoms with E-state index in [9.17, 15) is 9.59 Å². The Labute approximate surface area is 153 Å². The van der Waals surface area contributed by atoms with Crippen LogP contribution in [0.1, 0.15) is 47.0 Å². The molecule has 0 saturated carbocycles. The van der Waals surface area contributed by atoms with Crippen LogP contribution >= 0.6 is 0 Å². The Kier molecular flexibility index (Phi) is 5.69. The van der Waals surface area contributed by atoms with Gasteiger partial charge in [-0.05, 0) is 33.6 Å². The summed E-state index contributed by atoms with van der Waals surface area (Å²) in [7, 11) is 0. The molecule has 0 unspecified atom stereocenters. The van der Waals surface area contributed by atoms with Crippen molar-refractivity contribution >= 4 is 11.7 Å². The molecule has 0 aliphatic carbocycles. The first kappa shape index (κ1) is 19.7. The summed E-state index contributed by atoms with van der Waals surface area (Å²) < 4.78 is 29.9. The van der Waals surface area contributed by atoms with Gasteiger partial charge in [0.25, 0.3) is 0 Å². The maximum Gasteiger partial charge on any atom is 0.217 e. The number of ketones is 1. The topological polar surface area (TPSA) is 92.3 Å². The number of nitrogens with one attached hydrogen (secondary N) is 1. The molecule has 8 nitrogen and oxygen atoms in total. The molecule has 8 heteroatoms. The number of hydrogen-bond acceptors (Lipinski definition) is 7. The molecule has 1 N–H and O–H groups in total. The summed E-state index contributed by atoms with van der Waals surface area (Å²) in [5, 5.41) is 2.86. The van der Waals surface area contributed by atoms with Gasteiger partial charge in [-0.15, -0.1) is 0 Å². The Morgan fingerprint density at radius 3 is 2.62 bits per heavy atom. The van der Waals surface area contributed by atoms with Crippen LogP contribution in [0.15, 0.2) is 0 Å². The van der Waals surface area contributed by atoms with Crippen LogP contribution in [0.4, 0.5) is 0 Å². The highest BCUT2D eigenvalue weighted by Crippen LogP contribution is 2.46. The van der Waals surface area contributed by atoms with E-state index in [4.69, 9.17) is 23.7 Å². The Bertz CT molecular complexity index is 552. The van der Waals surface area contributed by atoms with Crippen molar-refractivity contribution in [1.82, 2.24) is 5.32 Å². The Morgan fingerprint density at radius 2 is 1.92 bits per heavy atom. The zero-order valence-corrected chi connectivity index (χ0v) is 15.9. The number of amides is 1. The summed E-state index contributed by atoms with van der Waals surface area (Å²) in [4.78, 5) is 22.6. The van der Waals surface area contributed by atoms with Crippen molar-refractivity contribution in [1.29, 1.82) is 0 Å². The van der Waals surface area contributed by atoms with Gasteiger partial charge in [-0.25, -0.2) is 0 Å². The molecule has 0 aromatic heterocycles. The number of ether oxygens (including phenoxy) is 5. The van der Waals surface area contributed by atoms with Crippen molar-refractivity contribution in [3.05, 3.63) is 0 Å². The summed E-state index contributed by atoms with van der Waals surface area (Å²) in [5.41, 5.74) is -0.751. The summed E-state index contributed by atoms with van der Waals surface area (Å²) >= 11 is 0. The molecule has 3 rings (SSSR count). The van der Waals surface area contributed by atoms with Gasteiger partial charge in [-0.1, -0.05) is 0 Å². The van der Waals surface area contributed by atoms with Crippen LogP contribution in [-0.4, -0.2) is 67.4 Å². The summed E-state index contributed by atoms with van der Waals surface area (Å²) in [6.07, 6.45) is 0.849. The lowest BCUT2D eigenvalue weighted by Gasteiger charge is -2.42. The van der Waals surface area contributed by atoms with Gasteiger partial charge < -0.3 is 33.8 Å². The van der Waals surface area contributed by atoms with Gasteiger partial charge in [0.2, 0.25) is 5.91 Å². The third-order valence-corrected chi connectivity index (χ3v) is 4.92. The highest BCUT2D eigenvalue weighted by Gasteiger charge is 2.66. The summed E-state index contributed by atoms with van der Waals surface area (Å²) in [5.74, 6) is -0.749. The molecule has 3 aliphatic rings. The molecular weight excluding hydrogens is 342 g/mol. The van der Waals surface area contributed by atoms with Gasteiger partial charge in [0.15, 0.2) is 12.1 Å². The fraction of sp³-hybridized carbons (Fsp3) is 0.889. The third-order valence-electron chi connectivity index (χ3n) is 4.92. The summed E-state index contributed by atoms with van der Waals surface area (Å²) in [6, 6.07) is -0.425. The molecule has 0 aromatic carbocycles. The average Bonchev–Trinajstić information content (AvgIpc) is 3.07. The molecule has 0 aromatic rings. The highest BCUT2D eigenvalue weighted by molar-refractivity contribution is 5.75. The van der Waals surface area contributed by atoms with Crippen LogP contribution in [0.5, 0.6) is 0 Å². The molecule has 3 fully saturated rings. The SMILES string of the molecule is CC(=O)CCCCOC[C@@]12CO[C@@H](O1)[C@H](NC(C)=O)[C@H]1OC(C)(C)O[C@H]12. The predicted molar refractivity (Wildman–Crippen MR) is 90.3 cm³/mol. The number of carbonyl (C=O) groups excluding carboxylic acids is 2. The number of fused-ring (bicyclic) bond motifs is 4. The maximum absolute atomic E-state index is 11.6. The summed E-state index contributed by atoms with van der Waals surface area (Å²) in [6.45, 7) is 7.92. The van der Waals surface area contributed by atoms with E-state index >= 15 is 0 Å². The number of carbonyl (C=O) groups is 2. The van der Waals surface area contributed by atoms with Crippen molar-refractivity contribution < 1.29 is 33.3 Å². The Hall–Kier alpha value is -1.06. The third kappa shape index (κ3) is 4.09. The first-order valence-corrected chi connectivity index (χ1v) is 9.22. The molecule has 0 spiro atoms. The van der Waals surface area contributed by atoms with Crippen LogP contribution in [0.3, 0.4) is 0 Å². The fourth-order valence-corrected chi connectivity index (χ4v) is 3.83. The minimum Gasteiger partial charge on any atom is -0.378 e. The number of unbranched alkanes of at least 4 members (excludes halogenated alkanes) is 1. The molecule has 26 heavy (non-hydrogen) atoms.